The summed E-state index contributed by atoms with van der Waals surface area (Å²) >= 11 is 0. The lowest BCUT2D eigenvalue weighted by Crippen LogP contribution is -2.16. The number of nitrogens with one attached hydrogen (secondary N) is 1. The molecule has 12 nitrogen and oxygen atoms in total. The van der Waals surface area contributed by atoms with Gasteiger partial charge in [-0.15, -0.1) is 0 Å². The van der Waals surface area contributed by atoms with Gasteiger partial charge in [-0.1, -0.05) is 0 Å². The van der Waals surface area contributed by atoms with Crippen molar-refractivity contribution in [2.75, 3.05) is 13.7 Å². The lowest BCUT2D eigenvalue weighted by molar-refractivity contribution is -0.385. The molecule has 2 aromatic heterocycles. The maximum atomic E-state index is 12.5. The third-order valence-corrected chi connectivity index (χ3v) is 5.77. The summed E-state index contributed by atoms with van der Waals surface area (Å²) in [7, 11) is 1.31. The van der Waals surface area contributed by atoms with E-state index in [1.165, 1.54) is 31.5 Å². The minimum atomic E-state index is -0.671. The van der Waals surface area contributed by atoms with Crippen LogP contribution in [0.4, 0.5) is 5.69 Å². The number of nitrogens with zero attached hydrogens (tertiary/aromatic N) is 4. The van der Waals surface area contributed by atoms with E-state index >= 15 is 0 Å². The fraction of sp³-hybridized carbons (Fsp3) is 0.179. The maximum Gasteiger partial charge on any atom is 0.315 e. The van der Waals surface area contributed by atoms with Crippen LogP contribution in [0.15, 0.2) is 70.2 Å². The van der Waals surface area contributed by atoms with Gasteiger partial charge in [-0.25, -0.2) is 5.43 Å². The number of ether oxygens (including phenoxy) is 3. The van der Waals surface area contributed by atoms with Crippen LogP contribution >= 0.6 is 0 Å². The number of amides is 1. The van der Waals surface area contributed by atoms with Crippen molar-refractivity contribution in [3.63, 3.8) is 0 Å². The second kappa shape index (κ2) is 12.3. The highest BCUT2D eigenvalue weighted by atomic mass is 16.6. The first-order valence-corrected chi connectivity index (χ1v) is 12.0. The number of hydrazone groups is 1. The van der Waals surface area contributed by atoms with Crippen molar-refractivity contribution < 1.29 is 28.3 Å². The summed E-state index contributed by atoms with van der Waals surface area (Å²) in [6.45, 7) is 3.81. The van der Waals surface area contributed by atoms with E-state index in [2.05, 4.69) is 27.2 Å². The van der Waals surface area contributed by atoms with E-state index in [9.17, 15) is 14.9 Å². The molecule has 0 saturated heterocycles. The SMILES string of the molecule is COc1cc(/C=N/NC(=O)c2ccc(COc3ccc(-n4c(C)ccc4C)cc3)o2)cc([N+](=O)[O-])c1OCC#N. The number of aryl methyl sites for hydroxylation is 2. The first-order valence-electron chi connectivity index (χ1n) is 12.0. The van der Waals surface area contributed by atoms with Gasteiger partial charge < -0.3 is 23.2 Å². The van der Waals surface area contributed by atoms with E-state index < -0.39 is 23.1 Å². The van der Waals surface area contributed by atoms with E-state index in [0.29, 0.717) is 11.5 Å². The number of carbonyl (C=O) groups is 1. The molecule has 0 bridgehead atoms. The van der Waals surface area contributed by atoms with Crippen molar-refractivity contribution in [3.05, 3.63) is 99.2 Å². The summed E-state index contributed by atoms with van der Waals surface area (Å²) in [5, 5.41) is 24.0. The summed E-state index contributed by atoms with van der Waals surface area (Å²) < 4.78 is 23.8. The molecular formula is C28H25N5O7. The molecule has 2 aromatic carbocycles. The predicted octanol–water partition coefficient (Wildman–Crippen LogP) is 4.85. The Hall–Kier alpha value is -5.57. The number of hydrogen-bond acceptors (Lipinski definition) is 9. The average Bonchev–Trinajstić information content (AvgIpc) is 3.56. The van der Waals surface area contributed by atoms with E-state index in [-0.39, 0.29) is 29.4 Å². The Morgan fingerprint density at radius 3 is 2.50 bits per heavy atom. The summed E-state index contributed by atoms with van der Waals surface area (Å²) in [6.07, 6.45) is 1.20. The molecule has 2 heterocycles. The van der Waals surface area contributed by atoms with Crippen molar-refractivity contribution in [2.24, 2.45) is 5.10 Å². The molecule has 1 amide bonds. The number of furan rings is 1. The Labute approximate surface area is 229 Å². The third-order valence-electron chi connectivity index (χ3n) is 5.77. The van der Waals surface area contributed by atoms with Crippen LogP contribution in [-0.2, 0) is 6.61 Å². The Kier molecular flexibility index (Phi) is 8.46. The molecule has 0 aliphatic heterocycles. The molecule has 4 aromatic rings. The lowest BCUT2D eigenvalue weighted by Gasteiger charge is -2.10. The molecule has 0 fully saturated rings. The summed E-state index contributed by atoms with van der Waals surface area (Å²) in [6, 6.07) is 19.2. The van der Waals surface area contributed by atoms with Crippen molar-refractivity contribution >= 4 is 17.8 Å². The molecular weight excluding hydrogens is 518 g/mol. The lowest BCUT2D eigenvalue weighted by atomic mass is 10.2. The minimum absolute atomic E-state index is 0.00784. The molecule has 0 aliphatic rings. The molecule has 0 atom stereocenters. The van der Waals surface area contributed by atoms with Crippen LogP contribution in [0, 0.1) is 35.3 Å². The number of nitro benzene ring substituents is 1. The van der Waals surface area contributed by atoms with Gasteiger partial charge in [0, 0.05) is 28.7 Å². The van der Waals surface area contributed by atoms with Crippen LogP contribution in [0.25, 0.3) is 5.69 Å². The maximum absolute atomic E-state index is 12.5. The average molecular weight is 544 g/mol. The van der Waals surface area contributed by atoms with Gasteiger partial charge in [-0.3, -0.25) is 14.9 Å². The second-order valence-corrected chi connectivity index (χ2v) is 8.47. The normalized spacial score (nSPS) is 10.8. The molecule has 12 heteroatoms. The number of aromatic nitrogens is 1. The highest BCUT2D eigenvalue weighted by Crippen LogP contribution is 2.38. The number of rotatable bonds is 11. The largest absolute Gasteiger partial charge is 0.493 e. The molecule has 204 valence electrons. The van der Waals surface area contributed by atoms with Gasteiger partial charge in [0.05, 0.1) is 18.2 Å². The topological polar surface area (TPSA) is 154 Å². The van der Waals surface area contributed by atoms with Crippen LogP contribution in [0.1, 0.15) is 33.3 Å². The number of hydrogen-bond donors (Lipinski definition) is 1. The molecule has 1 N–H and O–H groups in total. The molecule has 0 radical (unpaired) electrons. The van der Waals surface area contributed by atoms with Crippen LogP contribution in [0.3, 0.4) is 0 Å². The fourth-order valence-electron chi connectivity index (χ4n) is 3.94. The van der Waals surface area contributed by atoms with E-state index in [1.807, 2.05) is 38.1 Å². The van der Waals surface area contributed by atoms with Crippen molar-refractivity contribution in [3.8, 4) is 29.0 Å². The Bertz CT molecular complexity index is 1580. The molecule has 0 saturated carbocycles. The van der Waals surface area contributed by atoms with Crippen LogP contribution in [-0.4, -0.2) is 35.3 Å². The van der Waals surface area contributed by atoms with Crippen molar-refractivity contribution in [2.45, 2.75) is 20.5 Å². The summed E-state index contributed by atoms with van der Waals surface area (Å²) in [5.41, 5.74) is 5.45. The number of nitriles is 1. The number of benzene rings is 2. The number of carbonyl (C=O) groups excluding carboxylic acids is 1. The van der Waals surface area contributed by atoms with Gasteiger partial charge in [-0.2, -0.15) is 10.4 Å². The van der Waals surface area contributed by atoms with Crippen LogP contribution < -0.4 is 19.6 Å². The zero-order valence-corrected chi connectivity index (χ0v) is 21.9. The first kappa shape index (κ1) is 27.5. The Morgan fingerprint density at radius 1 is 1.12 bits per heavy atom. The molecule has 4 rings (SSSR count). The van der Waals surface area contributed by atoms with Gasteiger partial charge >= 0.3 is 11.6 Å². The number of methoxy groups -OCH3 is 1. The second-order valence-electron chi connectivity index (χ2n) is 8.47. The highest BCUT2D eigenvalue weighted by Gasteiger charge is 2.22. The Balaban J connectivity index is 1.36. The van der Waals surface area contributed by atoms with Gasteiger partial charge in [0.2, 0.25) is 5.75 Å². The van der Waals surface area contributed by atoms with Gasteiger partial charge in [0.15, 0.2) is 18.1 Å². The standard InChI is InChI=1S/C28H25N5O7/c1-18-4-5-19(2)32(18)21-6-8-22(9-7-21)39-17-23-10-11-25(40-23)28(34)31-30-16-20-14-24(33(35)36)27(38-13-12-29)26(15-20)37-3/h4-11,14-16H,13,17H2,1-3H3,(H,31,34)/b30-16+. The molecule has 0 aliphatic carbocycles. The third kappa shape index (κ3) is 6.28. The monoisotopic (exact) mass is 543 g/mol. The predicted molar refractivity (Wildman–Crippen MR) is 144 cm³/mol. The van der Waals surface area contributed by atoms with E-state index in [0.717, 1.165) is 17.1 Å². The van der Waals surface area contributed by atoms with Gasteiger partial charge in [-0.05, 0) is 68.4 Å². The number of nitro groups is 1. The van der Waals surface area contributed by atoms with Gasteiger partial charge in [0.25, 0.3) is 0 Å². The van der Waals surface area contributed by atoms with E-state index in [1.54, 1.807) is 12.1 Å². The quantitative estimate of drug-likeness (QED) is 0.160. The minimum Gasteiger partial charge on any atom is -0.493 e. The van der Waals surface area contributed by atoms with Crippen molar-refractivity contribution in [1.29, 1.82) is 5.26 Å². The smallest absolute Gasteiger partial charge is 0.315 e. The fourth-order valence-corrected chi connectivity index (χ4v) is 3.94. The summed E-state index contributed by atoms with van der Waals surface area (Å²) in [4.78, 5) is 23.2. The zero-order valence-electron chi connectivity index (χ0n) is 21.9. The van der Waals surface area contributed by atoms with Crippen LogP contribution in [0.5, 0.6) is 17.2 Å². The zero-order chi connectivity index (χ0) is 28.6. The summed E-state index contributed by atoms with van der Waals surface area (Å²) in [5.74, 6) is 0.323. The van der Waals surface area contributed by atoms with E-state index in [4.69, 9.17) is 23.9 Å². The first-order chi connectivity index (χ1) is 19.3. The molecule has 0 spiro atoms. The highest BCUT2D eigenvalue weighted by molar-refractivity contribution is 5.92. The van der Waals surface area contributed by atoms with Gasteiger partial charge in [0.1, 0.15) is 24.2 Å². The van der Waals surface area contributed by atoms with Crippen LogP contribution in [0.2, 0.25) is 0 Å². The molecule has 0 unspecified atom stereocenters. The van der Waals surface area contributed by atoms with Crippen molar-refractivity contribution in [1.82, 2.24) is 9.99 Å². The molecule has 40 heavy (non-hydrogen) atoms. The Morgan fingerprint density at radius 2 is 1.85 bits per heavy atom.